The van der Waals surface area contributed by atoms with E-state index in [-0.39, 0.29) is 0 Å². The molecule has 1 aromatic rings. The van der Waals surface area contributed by atoms with Gasteiger partial charge in [-0.25, -0.2) is 0 Å². The molecule has 0 bridgehead atoms. The zero-order valence-corrected chi connectivity index (χ0v) is 13.6. The van der Waals surface area contributed by atoms with Crippen LogP contribution in [0.15, 0.2) is 0 Å². The number of aromatic nitrogens is 2. The average Bonchev–Trinajstić information content (AvgIpc) is 2.88. The first kappa shape index (κ1) is 16.6. The van der Waals surface area contributed by atoms with E-state index in [1.54, 1.807) is 11.3 Å². The maximum Gasteiger partial charge on any atom is 0.134 e. The van der Waals surface area contributed by atoms with Gasteiger partial charge in [-0.2, -0.15) is 0 Å². The minimum atomic E-state index is 0.390. The van der Waals surface area contributed by atoms with Crippen LogP contribution >= 0.6 is 11.3 Å². The van der Waals surface area contributed by atoms with Gasteiger partial charge in [0.15, 0.2) is 0 Å². The van der Waals surface area contributed by atoms with Crippen LogP contribution in [-0.4, -0.2) is 16.7 Å². The highest BCUT2D eigenvalue weighted by atomic mass is 32.1. The van der Waals surface area contributed by atoms with Crippen LogP contribution in [0.2, 0.25) is 0 Å². The third kappa shape index (κ3) is 6.48. The maximum absolute atomic E-state index is 4.34. The molecule has 0 aromatic carbocycles. The minimum absolute atomic E-state index is 0.390. The molecule has 3 nitrogen and oxygen atoms in total. The summed E-state index contributed by atoms with van der Waals surface area (Å²) in [6, 6.07) is 0.390. The summed E-state index contributed by atoms with van der Waals surface area (Å²) in [6.07, 6.45) is 10.2. The van der Waals surface area contributed by atoms with Crippen molar-refractivity contribution in [2.75, 3.05) is 6.54 Å². The van der Waals surface area contributed by atoms with Crippen molar-refractivity contribution in [3.8, 4) is 0 Å². The van der Waals surface area contributed by atoms with Gasteiger partial charge in [-0.1, -0.05) is 64.2 Å². The summed E-state index contributed by atoms with van der Waals surface area (Å²) in [7, 11) is 0. The fourth-order valence-corrected chi connectivity index (χ4v) is 3.26. The summed E-state index contributed by atoms with van der Waals surface area (Å²) in [6.45, 7) is 7.59. The zero-order valence-electron chi connectivity index (χ0n) is 12.7. The maximum atomic E-state index is 4.34. The fourth-order valence-electron chi connectivity index (χ4n) is 2.22. The molecule has 1 atom stereocenters. The van der Waals surface area contributed by atoms with Crippen molar-refractivity contribution in [3.05, 3.63) is 10.0 Å². The Morgan fingerprint density at radius 1 is 1.00 bits per heavy atom. The van der Waals surface area contributed by atoms with Crippen LogP contribution in [0.4, 0.5) is 0 Å². The Morgan fingerprint density at radius 3 is 2.42 bits per heavy atom. The van der Waals surface area contributed by atoms with Crippen molar-refractivity contribution in [2.45, 2.75) is 78.2 Å². The molecule has 0 amide bonds. The van der Waals surface area contributed by atoms with E-state index < -0.39 is 0 Å². The van der Waals surface area contributed by atoms with E-state index in [9.17, 15) is 0 Å². The quantitative estimate of drug-likeness (QED) is 0.608. The minimum Gasteiger partial charge on any atom is -0.308 e. The van der Waals surface area contributed by atoms with Crippen LogP contribution in [0.25, 0.3) is 0 Å². The lowest BCUT2D eigenvalue weighted by atomic mass is 10.1. The molecule has 1 N–H and O–H groups in total. The van der Waals surface area contributed by atoms with Crippen LogP contribution < -0.4 is 5.32 Å². The Kier molecular flexibility index (Phi) is 9.01. The third-order valence-corrected chi connectivity index (χ3v) is 4.48. The van der Waals surface area contributed by atoms with E-state index in [1.807, 2.05) is 0 Å². The number of unbranched alkanes of at least 4 members (excludes halogenated alkanes) is 5. The molecule has 4 heteroatoms. The highest BCUT2D eigenvalue weighted by Gasteiger charge is 2.13. The van der Waals surface area contributed by atoms with E-state index in [1.165, 1.54) is 43.5 Å². The largest absolute Gasteiger partial charge is 0.308 e. The summed E-state index contributed by atoms with van der Waals surface area (Å²) in [5.74, 6) is 0. The van der Waals surface area contributed by atoms with Crippen LogP contribution in [0.1, 0.15) is 81.8 Å². The second kappa shape index (κ2) is 10.3. The van der Waals surface area contributed by atoms with Crippen molar-refractivity contribution in [3.63, 3.8) is 0 Å². The van der Waals surface area contributed by atoms with Gasteiger partial charge in [0.05, 0.1) is 6.04 Å². The van der Waals surface area contributed by atoms with E-state index in [2.05, 4.69) is 36.3 Å². The summed E-state index contributed by atoms with van der Waals surface area (Å²) in [5.41, 5.74) is 0. The van der Waals surface area contributed by atoms with Crippen molar-refractivity contribution in [1.82, 2.24) is 15.5 Å². The summed E-state index contributed by atoms with van der Waals surface area (Å²) >= 11 is 1.79. The second-order valence-corrected chi connectivity index (χ2v) is 6.16. The van der Waals surface area contributed by atoms with Gasteiger partial charge in [-0.05, 0) is 19.4 Å². The van der Waals surface area contributed by atoms with Crippen molar-refractivity contribution < 1.29 is 0 Å². The molecule has 19 heavy (non-hydrogen) atoms. The summed E-state index contributed by atoms with van der Waals surface area (Å²) in [5, 5.41) is 14.5. The smallest absolute Gasteiger partial charge is 0.134 e. The van der Waals surface area contributed by atoms with Crippen LogP contribution in [0.3, 0.4) is 0 Å². The molecule has 0 saturated carbocycles. The summed E-state index contributed by atoms with van der Waals surface area (Å²) in [4.78, 5) is 0. The summed E-state index contributed by atoms with van der Waals surface area (Å²) < 4.78 is 0. The van der Waals surface area contributed by atoms with Crippen molar-refractivity contribution in [1.29, 1.82) is 0 Å². The molecule has 0 aliphatic heterocycles. The lowest BCUT2D eigenvalue weighted by molar-refractivity contribution is 0.530. The average molecular weight is 283 g/mol. The molecule has 1 heterocycles. The topological polar surface area (TPSA) is 37.8 Å². The predicted molar refractivity (Wildman–Crippen MR) is 83.7 cm³/mol. The van der Waals surface area contributed by atoms with Gasteiger partial charge in [-0.3, -0.25) is 0 Å². The van der Waals surface area contributed by atoms with E-state index >= 15 is 0 Å². The molecule has 1 aromatic heterocycles. The first-order chi connectivity index (χ1) is 9.31. The molecule has 0 radical (unpaired) electrons. The Labute approximate surface area is 122 Å². The van der Waals surface area contributed by atoms with Gasteiger partial charge < -0.3 is 5.32 Å². The van der Waals surface area contributed by atoms with E-state index in [0.29, 0.717) is 6.04 Å². The van der Waals surface area contributed by atoms with E-state index in [0.717, 1.165) is 24.4 Å². The molecular weight excluding hydrogens is 254 g/mol. The fraction of sp³-hybridized carbons (Fsp3) is 0.867. The third-order valence-electron chi connectivity index (χ3n) is 3.38. The molecule has 0 aliphatic carbocycles. The Morgan fingerprint density at radius 2 is 1.74 bits per heavy atom. The normalized spacial score (nSPS) is 12.8. The molecule has 0 saturated heterocycles. The highest BCUT2D eigenvalue weighted by Crippen LogP contribution is 2.22. The highest BCUT2D eigenvalue weighted by molar-refractivity contribution is 7.11. The standard InChI is InChI=1S/C15H29N3S/c1-4-7-8-9-10-11-12-14-17-18-15(19-14)13(5-2)16-6-3/h13,16H,4-12H2,1-3H3. The molecule has 1 rings (SSSR count). The monoisotopic (exact) mass is 283 g/mol. The van der Waals surface area contributed by atoms with Crippen LogP contribution in [-0.2, 0) is 6.42 Å². The van der Waals surface area contributed by atoms with Gasteiger partial charge in [0, 0.05) is 6.42 Å². The van der Waals surface area contributed by atoms with Gasteiger partial charge in [0.2, 0.25) is 0 Å². The number of nitrogens with zero attached hydrogens (tertiary/aromatic N) is 2. The Bertz CT molecular complexity index is 325. The van der Waals surface area contributed by atoms with Crippen molar-refractivity contribution >= 4 is 11.3 Å². The molecule has 110 valence electrons. The van der Waals surface area contributed by atoms with Gasteiger partial charge >= 0.3 is 0 Å². The first-order valence-electron chi connectivity index (χ1n) is 7.87. The molecule has 1 unspecified atom stereocenters. The zero-order chi connectivity index (χ0) is 13.9. The van der Waals surface area contributed by atoms with Gasteiger partial charge in [-0.15, -0.1) is 10.2 Å². The first-order valence-corrected chi connectivity index (χ1v) is 8.69. The molecule has 0 spiro atoms. The number of rotatable bonds is 11. The second-order valence-electron chi connectivity index (χ2n) is 5.07. The Hall–Kier alpha value is -0.480. The number of hydrogen-bond acceptors (Lipinski definition) is 4. The van der Waals surface area contributed by atoms with Crippen LogP contribution in [0.5, 0.6) is 0 Å². The number of nitrogens with one attached hydrogen (secondary N) is 1. The van der Waals surface area contributed by atoms with Crippen LogP contribution in [0, 0.1) is 0 Å². The lowest BCUT2D eigenvalue weighted by Gasteiger charge is -2.10. The predicted octanol–water partition coefficient (Wildman–Crippen LogP) is 4.50. The number of hydrogen-bond donors (Lipinski definition) is 1. The number of aryl methyl sites for hydroxylation is 1. The molecule has 0 aliphatic rings. The lowest BCUT2D eigenvalue weighted by Crippen LogP contribution is -2.19. The van der Waals surface area contributed by atoms with Crippen molar-refractivity contribution in [2.24, 2.45) is 0 Å². The molecular formula is C15H29N3S. The SMILES string of the molecule is CCCCCCCCc1nnc(C(CC)NCC)s1. The van der Waals surface area contributed by atoms with Gasteiger partial charge in [0.25, 0.3) is 0 Å². The van der Waals surface area contributed by atoms with E-state index in [4.69, 9.17) is 0 Å². The Balaban J connectivity index is 2.26. The molecule has 0 fully saturated rings. The van der Waals surface area contributed by atoms with Gasteiger partial charge in [0.1, 0.15) is 10.0 Å².